The fraction of sp³-hybridized carbons (Fsp3) is 0.235. The smallest absolute Gasteiger partial charge is 0.168 e. The van der Waals surface area contributed by atoms with Crippen molar-refractivity contribution in [3.8, 4) is 0 Å². The molecule has 1 aliphatic heterocycles. The Hall–Kier alpha value is -0.840. The Kier molecular flexibility index (Phi) is 4.38. The molecule has 0 N–H and O–H groups in total. The van der Waals surface area contributed by atoms with E-state index in [4.69, 9.17) is 0 Å². The molecule has 21 heavy (non-hydrogen) atoms. The van der Waals surface area contributed by atoms with Crippen molar-refractivity contribution in [1.29, 1.82) is 0 Å². The molecule has 0 bridgehead atoms. The van der Waals surface area contributed by atoms with E-state index < -0.39 is 0 Å². The lowest BCUT2D eigenvalue weighted by Crippen LogP contribution is -2.15. The normalized spacial score (nSPS) is 25.1. The summed E-state index contributed by atoms with van der Waals surface area (Å²) in [4.78, 5) is 12.0. The van der Waals surface area contributed by atoms with Crippen LogP contribution in [0.15, 0.2) is 55.1 Å². The van der Waals surface area contributed by atoms with Gasteiger partial charge in [0.25, 0.3) is 0 Å². The van der Waals surface area contributed by atoms with Crippen LogP contribution >= 0.6 is 35.3 Å². The van der Waals surface area contributed by atoms with Crippen molar-refractivity contribution < 1.29 is 4.79 Å². The molecule has 2 unspecified atom stereocenters. The number of fused-ring (bicyclic) bond motifs is 1. The van der Waals surface area contributed by atoms with Gasteiger partial charge in [0.2, 0.25) is 0 Å². The van der Waals surface area contributed by atoms with E-state index in [0.29, 0.717) is 0 Å². The largest absolute Gasteiger partial charge is 0.294 e. The molecule has 108 valence electrons. The molecular weight excluding hydrogens is 316 g/mol. The summed E-state index contributed by atoms with van der Waals surface area (Å²) in [5.74, 6) is 0.989. The van der Waals surface area contributed by atoms with Crippen LogP contribution in [-0.2, 0) is 8.21 Å². The number of allylic oxidation sites excluding steroid dienone is 1. The number of rotatable bonds is 4. The maximum absolute atomic E-state index is 12.0. The first-order chi connectivity index (χ1) is 10.2. The van der Waals surface area contributed by atoms with Crippen molar-refractivity contribution in [2.45, 2.75) is 8.66 Å². The van der Waals surface area contributed by atoms with Gasteiger partial charge in [-0.05, 0) is 28.7 Å². The van der Waals surface area contributed by atoms with Crippen molar-refractivity contribution in [3.05, 3.63) is 60.7 Å². The third-order valence-electron chi connectivity index (χ3n) is 3.63. The monoisotopic (exact) mass is 332 g/mol. The lowest BCUT2D eigenvalue weighted by molar-refractivity contribution is -0.113. The van der Waals surface area contributed by atoms with Gasteiger partial charge in [0.1, 0.15) is 3.41 Å². The molecule has 0 radical (unpaired) electrons. The van der Waals surface area contributed by atoms with Gasteiger partial charge in [-0.15, -0.1) is 35.3 Å². The zero-order valence-corrected chi connectivity index (χ0v) is 14.2. The van der Waals surface area contributed by atoms with Crippen LogP contribution in [-0.4, -0.2) is 23.0 Å². The molecule has 1 saturated heterocycles. The fourth-order valence-electron chi connectivity index (χ4n) is 2.56. The minimum atomic E-state index is -0.107. The van der Waals surface area contributed by atoms with Crippen molar-refractivity contribution in [3.63, 3.8) is 0 Å². The highest BCUT2D eigenvalue weighted by atomic mass is 32.3. The van der Waals surface area contributed by atoms with Crippen LogP contribution in [0.2, 0.25) is 0 Å². The zero-order valence-electron chi connectivity index (χ0n) is 11.7. The first-order valence-corrected chi connectivity index (χ1v) is 9.80. The molecule has 3 rings (SSSR count). The summed E-state index contributed by atoms with van der Waals surface area (Å²) < 4.78 is -0.107. The van der Waals surface area contributed by atoms with Crippen LogP contribution in [0, 0.1) is 0 Å². The molecule has 1 nitrogen and oxygen atoms in total. The molecule has 2 atom stereocenters. The number of ketones is 1. The summed E-state index contributed by atoms with van der Waals surface area (Å²) >= 11 is 5.45. The molecule has 0 spiro atoms. The number of thioether (sulfide) groups is 3. The predicted octanol–water partition coefficient (Wildman–Crippen LogP) is 4.92. The van der Waals surface area contributed by atoms with Gasteiger partial charge in [-0.3, -0.25) is 4.79 Å². The minimum absolute atomic E-state index is 0.0129. The van der Waals surface area contributed by atoms with E-state index >= 15 is 0 Å². The van der Waals surface area contributed by atoms with Gasteiger partial charge in [-0.25, -0.2) is 0 Å². The second-order valence-electron chi connectivity index (χ2n) is 4.81. The van der Waals surface area contributed by atoms with E-state index in [-0.39, 0.29) is 14.4 Å². The Balaban J connectivity index is 2.07. The second-order valence-corrected chi connectivity index (χ2v) is 9.26. The average Bonchev–Trinajstić information content (AvgIpc) is 2.99. The molecule has 2 aromatic rings. The van der Waals surface area contributed by atoms with E-state index in [9.17, 15) is 4.79 Å². The number of hydrogen-bond acceptors (Lipinski definition) is 4. The van der Waals surface area contributed by atoms with Crippen LogP contribution in [0.1, 0.15) is 5.56 Å². The zero-order chi connectivity index (χ0) is 14.9. The molecule has 4 heteroatoms. The Bertz CT molecular complexity index is 692. The second kappa shape index (κ2) is 6.11. The standard InChI is InChI=1S/C17H16OS3/c1-3-15(18)16-11-20-17(19-2,21-16)14-10-6-8-12-7-4-5-9-13(12)14/h3-10,16H,1,11H2,2H3. The van der Waals surface area contributed by atoms with Gasteiger partial charge in [0.05, 0.1) is 5.25 Å². The highest BCUT2D eigenvalue weighted by Crippen LogP contribution is 2.62. The maximum Gasteiger partial charge on any atom is 0.168 e. The van der Waals surface area contributed by atoms with Crippen LogP contribution in [0.4, 0.5) is 0 Å². The summed E-state index contributed by atoms with van der Waals surface area (Å²) in [5.41, 5.74) is 1.31. The molecule has 0 saturated carbocycles. The third kappa shape index (κ3) is 2.65. The number of carbonyl (C=O) groups excluding carboxylic acids is 1. The average molecular weight is 333 g/mol. The molecule has 1 fully saturated rings. The molecule has 1 heterocycles. The summed E-state index contributed by atoms with van der Waals surface area (Å²) in [6, 6.07) is 14.9. The van der Waals surface area contributed by atoms with Crippen LogP contribution in [0.3, 0.4) is 0 Å². The van der Waals surface area contributed by atoms with Crippen molar-refractivity contribution >= 4 is 51.8 Å². The van der Waals surface area contributed by atoms with Gasteiger partial charge in [-0.2, -0.15) is 0 Å². The van der Waals surface area contributed by atoms with E-state index in [0.717, 1.165) is 5.75 Å². The SMILES string of the molecule is C=CC(=O)C1CSC(SC)(c2cccc3ccccc23)S1. The highest BCUT2D eigenvalue weighted by molar-refractivity contribution is 8.35. The van der Waals surface area contributed by atoms with E-state index in [1.165, 1.54) is 22.4 Å². The lowest BCUT2D eigenvalue weighted by atomic mass is 10.1. The Morgan fingerprint density at radius 2 is 2.10 bits per heavy atom. The predicted molar refractivity (Wildman–Crippen MR) is 98.2 cm³/mol. The van der Waals surface area contributed by atoms with Crippen molar-refractivity contribution in [2.24, 2.45) is 0 Å². The first kappa shape index (κ1) is 15.1. The Morgan fingerprint density at radius 1 is 1.33 bits per heavy atom. The summed E-state index contributed by atoms with van der Waals surface area (Å²) in [5, 5.41) is 2.54. The molecular formula is C17H16OS3. The quantitative estimate of drug-likeness (QED) is 0.739. The summed E-state index contributed by atoms with van der Waals surface area (Å²) in [6.45, 7) is 3.62. The Morgan fingerprint density at radius 3 is 2.86 bits per heavy atom. The maximum atomic E-state index is 12.0. The molecule has 0 aromatic heterocycles. The van der Waals surface area contributed by atoms with E-state index in [1.807, 2.05) is 23.5 Å². The van der Waals surface area contributed by atoms with Crippen LogP contribution in [0.25, 0.3) is 10.8 Å². The molecule has 0 amide bonds. The highest BCUT2D eigenvalue weighted by Gasteiger charge is 2.44. The first-order valence-electron chi connectivity index (χ1n) is 6.71. The molecule has 1 aliphatic rings. The topological polar surface area (TPSA) is 17.1 Å². The number of benzene rings is 2. The van der Waals surface area contributed by atoms with Crippen molar-refractivity contribution in [2.75, 3.05) is 12.0 Å². The van der Waals surface area contributed by atoms with Crippen molar-refractivity contribution in [1.82, 2.24) is 0 Å². The minimum Gasteiger partial charge on any atom is -0.294 e. The van der Waals surface area contributed by atoms with Gasteiger partial charge < -0.3 is 0 Å². The summed E-state index contributed by atoms with van der Waals surface area (Å²) in [6.07, 6.45) is 3.58. The van der Waals surface area contributed by atoms with Gasteiger partial charge in [0, 0.05) is 5.75 Å². The third-order valence-corrected chi connectivity index (χ3v) is 9.20. The van der Waals surface area contributed by atoms with E-state index in [1.54, 1.807) is 11.8 Å². The van der Waals surface area contributed by atoms with Crippen LogP contribution in [0.5, 0.6) is 0 Å². The van der Waals surface area contributed by atoms with Gasteiger partial charge in [0.15, 0.2) is 5.78 Å². The van der Waals surface area contributed by atoms with Crippen LogP contribution < -0.4 is 0 Å². The molecule has 0 aliphatic carbocycles. The number of hydrogen-bond donors (Lipinski definition) is 0. The van der Waals surface area contributed by atoms with E-state index in [2.05, 4.69) is 55.3 Å². The number of carbonyl (C=O) groups is 1. The summed E-state index contributed by atoms with van der Waals surface area (Å²) in [7, 11) is 0. The lowest BCUT2D eigenvalue weighted by Gasteiger charge is -2.27. The fourth-order valence-corrected chi connectivity index (χ4v) is 7.43. The molecule has 2 aromatic carbocycles. The van der Waals surface area contributed by atoms with Gasteiger partial charge in [-0.1, -0.05) is 49.0 Å². The van der Waals surface area contributed by atoms with Gasteiger partial charge >= 0.3 is 0 Å². The Labute approximate surface area is 138 Å².